The largest absolute Gasteiger partial charge is 0.471 e. The molecule has 0 saturated carbocycles. The number of carbonyl (C=O) groups is 1. The highest BCUT2D eigenvalue weighted by molar-refractivity contribution is 7.15. The number of ether oxygens (including phenoxy) is 1. The summed E-state index contributed by atoms with van der Waals surface area (Å²) < 4.78 is 47.0. The predicted molar refractivity (Wildman–Crippen MR) is 70.8 cm³/mol. The fourth-order valence-corrected chi connectivity index (χ4v) is 2.51. The molecule has 0 aromatic carbocycles. The molecule has 10 heteroatoms. The monoisotopic (exact) mass is 335 g/mol. The number of amides is 1. The lowest BCUT2D eigenvalue weighted by Crippen LogP contribution is -2.24. The van der Waals surface area contributed by atoms with E-state index in [9.17, 15) is 18.0 Å². The Kier molecular flexibility index (Phi) is 4.81. The van der Waals surface area contributed by atoms with Gasteiger partial charge < -0.3 is 14.6 Å². The maximum absolute atomic E-state index is 12.4. The fraction of sp³-hybridized carbons (Fsp3) is 0.417. The number of hydrogen-bond acceptors (Lipinski definition) is 6. The van der Waals surface area contributed by atoms with Gasteiger partial charge in [0.25, 0.3) is 0 Å². The summed E-state index contributed by atoms with van der Waals surface area (Å²) in [5.74, 6) is -1.57. The van der Waals surface area contributed by atoms with E-state index in [2.05, 4.69) is 20.0 Å². The molecule has 0 spiro atoms. The number of halogens is 3. The summed E-state index contributed by atoms with van der Waals surface area (Å²) in [5, 5.41) is 5.79. The van der Waals surface area contributed by atoms with E-state index in [1.165, 1.54) is 6.07 Å². The molecule has 22 heavy (non-hydrogen) atoms. The standard InChI is InChI=1S/C12H12F3N3O3S/c1-6(2)20-10(16-5-19)8-4-3-7(22-8)9-17-11(21-18-9)12(13,14)15/h3-6,10H,1-2H3,(H,16,19). The first kappa shape index (κ1) is 16.4. The third-order valence-electron chi connectivity index (χ3n) is 2.40. The van der Waals surface area contributed by atoms with Gasteiger partial charge in [0.05, 0.1) is 15.9 Å². The Bertz CT molecular complexity index is 639. The van der Waals surface area contributed by atoms with Gasteiger partial charge in [0.1, 0.15) is 0 Å². The SMILES string of the molecule is CC(C)OC(NC=O)c1ccc(-c2noc(C(F)(F)F)n2)s1. The second kappa shape index (κ2) is 6.44. The van der Waals surface area contributed by atoms with Crippen LogP contribution in [-0.4, -0.2) is 22.7 Å². The number of thiophene rings is 1. The van der Waals surface area contributed by atoms with E-state index in [1.807, 2.05) is 0 Å². The van der Waals surface area contributed by atoms with E-state index < -0.39 is 18.3 Å². The highest BCUT2D eigenvalue weighted by Gasteiger charge is 2.38. The van der Waals surface area contributed by atoms with Crippen LogP contribution in [0.15, 0.2) is 16.7 Å². The van der Waals surface area contributed by atoms with E-state index in [0.29, 0.717) is 16.2 Å². The van der Waals surface area contributed by atoms with Crippen molar-refractivity contribution in [3.8, 4) is 10.7 Å². The molecule has 2 aromatic heterocycles. The highest BCUT2D eigenvalue weighted by atomic mass is 32.1. The first-order chi connectivity index (χ1) is 10.3. The molecular formula is C12H12F3N3O3S. The first-order valence-electron chi connectivity index (χ1n) is 6.17. The van der Waals surface area contributed by atoms with Crippen LogP contribution >= 0.6 is 11.3 Å². The van der Waals surface area contributed by atoms with Crippen molar-refractivity contribution >= 4 is 17.7 Å². The Morgan fingerprint density at radius 1 is 1.41 bits per heavy atom. The maximum atomic E-state index is 12.4. The van der Waals surface area contributed by atoms with E-state index in [-0.39, 0.29) is 11.9 Å². The van der Waals surface area contributed by atoms with Crippen LogP contribution in [0.5, 0.6) is 0 Å². The molecule has 6 nitrogen and oxygen atoms in total. The summed E-state index contributed by atoms with van der Waals surface area (Å²) in [7, 11) is 0. The number of hydrogen-bond donors (Lipinski definition) is 1. The molecule has 0 radical (unpaired) electrons. The summed E-state index contributed by atoms with van der Waals surface area (Å²) >= 11 is 1.10. The third-order valence-corrected chi connectivity index (χ3v) is 3.53. The Hall–Kier alpha value is -1.94. The molecule has 1 unspecified atom stereocenters. The van der Waals surface area contributed by atoms with Crippen LogP contribution in [0.25, 0.3) is 10.7 Å². The van der Waals surface area contributed by atoms with E-state index >= 15 is 0 Å². The summed E-state index contributed by atoms with van der Waals surface area (Å²) in [5.41, 5.74) is 0. The average Bonchev–Trinajstić information content (AvgIpc) is 3.06. The van der Waals surface area contributed by atoms with Gasteiger partial charge in [-0.05, 0) is 26.0 Å². The number of nitrogens with one attached hydrogen (secondary N) is 1. The van der Waals surface area contributed by atoms with Crippen molar-refractivity contribution in [2.75, 3.05) is 0 Å². The van der Waals surface area contributed by atoms with Crippen LogP contribution in [0, 0.1) is 0 Å². The van der Waals surface area contributed by atoms with Gasteiger partial charge in [-0.15, -0.1) is 11.3 Å². The predicted octanol–water partition coefficient (Wildman–Crippen LogP) is 2.99. The van der Waals surface area contributed by atoms with Crippen molar-refractivity contribution in [3.05, 3.63) is 22.9 Å². The normalized spacial score (nSPS) is 13.4. The Balaban J connectivity index is 2.23. The van der Waals surface area contributed by atoms with Crippen molar-refractivity contribution in [1.29, 1.82) is 0 Å². The lowest BCUT2D eigenvalue weighted by atomic mass is 10.3. The molecule has 0 saturated heterocycles. The van der Waals surface area contributed by atoms with Crippen LogP contribution in [-0.2, 0) is 15.7 Å². The minimum atomic E-state index is -4.69. The molecule has 1 N–H and O–H groups in total. The lowest BCUT2D eigenvalue weighted by molar-refractivity contribution is -0.159. The van der Waals surface area contributed by atoms with Gasteiger partial charge in [0.15, 0.2) is 6.23 Å². The van der Waals surface area contributed by atoms with Crippen molar-refractivity contribution < 1.29 is 27.2 Å². The van der Waals surface area contributed by atoms with Gasteiger partial charge in [0, 0.05) is 0 Å². The minimum Gasteiger partial charge on any atom is -0.351 e. The first-order valence-corrected chi connectivity index (χ1v) is 6.99. The van der Waals surface area contributed by atoms with E-state index in [0.717, 1.165) is 11.3 Å². The van der Waals surface area contributed by atoms with E-state index in [1.54, 1.807) is 19.9 Å². The second-order valence-corrected chi connectivity index (χ2v) is 5.59. The molecule has 2 rings (SSSR count). The molecule has 2 heterocycles. The molecule has 0 fully saturated rings. The van der Waals surface area contributed by atoms with Crippen molar-refractivity contribution in [2.24, 2.45) is 0 Å². The second-order valence-electron chi connectivity index (χ2n) is 4.47. The van der Waals surface area contributed by atoms with Crippen LogP contribution in [0.4, 0.5) is 13.2 Å². The zero-order chi connectivity index (χ0) is 16.3. The molecule has 1 amide bonds. The molecule has 0 aliphatic rings. The average molecular weight is 335 g/mol. The van der Waals surface area contributed by atoms with Gasteiger partial charge in [-0.1, -0.05) is 5.16 Å². The van der Waals surface area contributed by atoms with Crippen molar-refractivity contribution in [2.45, 2.75) is 32.4 Å². The van der Waals surface area contributed by atoms with E-state index in [4.69, 9.17) is 4.74 Å². The van der Waals surface area contributed by atoms with Gasteiger partial charge in [-0.2, -0.15) is 18.2 Å². The van der Waals surface area contributed by atoms with Gasteiger partial charge in [-0.3, -0.25) is 4.79 Å². The number of nitrogens with zero attached hydrogens (tertiary/aromatic N) is 2. The molecule has 2 aromatic rings. The van der Waals surface area contributed by atoms with Crippen LogP contribution in [0.2, 0.25) is 0 Å². The number of rotatable bonds is 6. The van der Waals surface area contributed by atoms with Crippen LogP contribution in [0.1, 0.15) is 30.8 Å². The summed E-state index contributed by atoms with van der Waals surface area (Å²) in [6.45, 7) is 3.59. The Morgan fingerprint density at radius 2 is 2.14 bits per heavy atom. The van der Waals surface area contributed by atoms with Crippen molar-refractivity contribution in [1.82, 2.24) is 15.5 Å². The zero-order valence-corrected chi connectivity index (χ0v) is 12.4. The molecule has 120 valence electrons. The van der Waals surface area contributed by atoms with Gasteiger partial charge >= 0.3 is 12.1 Å². The fourth-order valence-electron chi connectivity index (χ4n) is 1.58. The number of carbonyl (C=O) groups excluding carboxylic acids is 1. The molecule has 0 bridgehead atoms. The Labute approximate surface area is 127 Å². The Morgan fingerprint density at radius 3 is 2.68 bits per heavy atom. The molecule has 0 aliphatic heterocycles. The summed E-state index contributed by atoms with van der Waals surface area (Å²) in [6, 6.07) is 3.15. The number of alkyl halides is 3. The van der Waals surface area contributed by atoms with Gasteiger partial charge in [-0.25, -0.2) is 0 Å². The topological polar surface area (TPSA) is 77.2 Å². The summed E-state index contributed by atoms with van der Waals surface area (Å²) in [4.78, 5) is 14.9. The smallest absolute Gasteiger partial charge is 0.351 e. The summed E-state index contributed by atoms with van der Waals surface area (Å²) in [6.07, 6.45) is -5.04. The molecule has 1 atom stereocenters. The van der Waals surface area contributed by atoms with Gasteiger partial charge in [0.2, 0.25) is 12.2 Å². The quantitative estimate of drug-likeness (QED) is 0.649. The minimum absolute atomic E-state index is 0.148. The lowest BCUT2D eigenvalue weighted by Gasteiger charge is -2.18. The highest BCUT2D eigenvalue weighted by Crippen LogP contribution is 2.33. The molecular weight excluding hydrogens is 323 g/mol. The molecule has 0 aliphatic carbocycles. The van der Waals surface area contributed by atoms with Crippen molar-refractivity contribution in [3.63, 3.8) is 0 Å². The third kappa shape index (κ3) is 3.83. The van der Waals surface area contributed by atoms with Crippen LogP contribution in [0.3, 0.4) is 0 Å². The number of aromatic nitrogens is 2. The maximum Gasteiger partial charge on any atom is 0.471 e. The van der Waals surface area contributed by atoms with Crippen LogP contribution < -0.4 is 5.32 Å². The zero-order valence-electron chi connectivity index (χ0n) is 11.5.